The van der Waals surface area contributed by atoms with E-state index < -0.39 is 0 Å². The molecule has 2 N–H and O–H groups in total. The van der Waals surface area contributed by atoms with Gasteiger partial charge in [-0.3, -0.25) is 9.69 Å². The predicted octanol–water partition coefficient (Wildman–Crippen LogP) is -0.565. The Morgan fingerprint density at radius 2 is 2.31 bits per heavy atom. The topological polar surface area (TPSA) is 52.6 Å². The normalized spacial score (nSPS) is 29.2. The molecule has 0 bridgehead atoms. The van der Waals surface area contributed by atoms with Gasteiger partial charge in [-0.25, -0.2) is 0 Å². The molecule has 1 aliphatic heterocycles. The van der Waals surface area contributed by atoms with Crippen LogP contribution < -0.4 is 5.32 Å². The van der Waals surface area contributed by atoms with E-state index in [4.69, 9.17) is 0 Å². The Morgan fingerprint density at radius 1 is 1.62 bits per heavy atom. The summed E-state index contributed by atoms with van der Waals surface area (Å²) in [4.78, 5) is 13.0. The summed E-state index contributed by atoms with van der Waals surface area (Å²) < 4.78 is 0. The van der Waals surface area contributed by atoms with Crippen molar-refractivity contribution in [2.75, 3.05) is 26.7 Å². The number of nitrogens with zero attached hydrogens (tertiary/aromatic N) is 1. The van der Waals surface area contributed by atoms with E-state index in [0.29, 0.717) is 19.0 Å². The third-order valence-electron chi connectivity index (χ3n) is 2.65. The van der Waals surface area contributed by atoms with Crippen molar-refractivity contribution in [2.24, 2.45) is 5.92 Å². The molecule has 1 rings (SSSR count). The monoisotopic (exact) mass is 186 g/mol. The number of likely N-dealkylation sites (N-methyl/N-ethyl adjacent to an activating group) is 1. The van der Waals surface area contributed by atoms with Gasteiger partial charge in [0.25, 0.3) is 0 Å². The van der Waals surface area contributed by atoms with Crippen LogP contribution in [0.15, 0.2) is 0 Å². The molecular weight excluding hydrogens is 168 g/mol. The van der Waals surface area contributed by atoms with E-state index >= 15 is 0 Å². The van der Waals surface area contributed by atoms with Crippen molar-refractivity contribution >= 4 is 5.91 Å². The van der Waals surface area contributed by atoms with Gasteiger partial charge in [-0.1, -0.05) is 6.92 Å². The Morgan fingerprint density at radius 3 is 2.77 bits per heavy atom. The van der Waals surface area contributed by atoms with Gasteiger partial charge in [0, 0.05) is 20.1 Å². The van der Waals surface area contributed by atoms with Gasteiger partial charge >= 0.3 is 0 Å². The van der Waals surface area contributed by atoms with E-state index in [2.05, 4.69) is 12.2 Å². The Kier molecular flexibility index (Phi) is 3.69. The fourth-order valence-electron chi connectivity index (χ4n) is 1.75. The maximum Gasteiger partial charge on any atom is 0.233 e. The molecule has 0 aromatic rings. The molecule has 0 spiro atoms. The van der Waals surface area contributed by atoms with Gasteiger partial charge in [0.15, 0.2) is 0 Å². The van der Waals surface area contributed by atoms with E-state index in [-0.39, 0.29) is 12.0 Å². The first-order valence-corrected chi connectivity index (χ1v) is 4.78. The molecule has 13 heavy (non-hydrogen) atoms. The number of rotatable bonds is 3. The maximum absolute atomic E-state index is 11.0. The van der Waals surface area contributed by atoms with Crippen molar-refractivity contribution in [3.05, 3.63) is 0 Å². The highest BCUT2D eigenvalue weighted by Crippen LogP contribution is 2.19. The molecule has 1 fully saturated rings. The van der Waals surface area contributed by atoms with Crippen molar-refractivity contribution < 1.29 is 9.90 Å². The number of aliphatic hydroxyl groups excluding tert-OH is 1. The summed E-state index contributed by atoms with van der Waals surface area (Å²) in [5, 5.41) is 12.1. The minimum atomic E-state index is -0.255. The summed E-state index contributed by atoms with van der Waals surface area (Å²) in [6.45, 7) is 3.94. The van der Waals surface area contributed by atoms with Crippen molar-refractivity contribution in [3.63, 3.8) is 0 Å². The van der Waals surface area contributed by atoms with Crippen LogP contribution in [-0.4, -0.2) is 48.7 Å². The van der Waals surface area contributed by atoms with E-state index in [1.807, 2.05) is 4.90 Å². The number of β-amino-alcohol motifs (C(OH)–C–C–N with tert-alkyl or cyclic N) is 1. The minimum absolute atomic E-state index is 0.0175. The molecular formula is C9H18N2O2. The number of nitrogens with one attached hydrogen (secondary N) is 1. The second-order valence-electron chi connectivity index (χ2n) is 3.60. The molecule has 4 nitrogen and oxygen atoms in total. The van der Waals surface area contributed by atoms with Crippen molar-refractivity contribution in [1.29, 1.82) is 0 Å². The molecule has 4 heteroatoms. The molecule has 1 aliphatic rings. The Balaban J connectivity index is 2.35. The molecule has 0 radical (unpaired) electrons. The summed E-state index contributed by atoms with van der Waals surface area (Å²) in [5.41, 5.74) is 0. The van der Waals surface area contributed by atoms with Crippen LogP contribution in [-0.2, 0) is 4.79 Å². The van der Waals surface area contributed by atoms with Crippen LogP contribution in [0.2, 0.25) is 0 Å². The average molecular weight is 186 g/mol. The molecule has 2 unspecified atom stereocenters. The smallest absolute Gasteiger partial charge is 0.233 e. The predicted molar refractivity (Wildman–Crippen MR) is 50.3 cm³/mol. The quantitative estimate of drug-likeness (QED) is 0.621. The van der Waals surface area contributed by atoms with Crippen LogP contribution >= 0.6 is 0 Å². The summed E-state index contributed by atoms with van der Waals surface area (Å²) in [5.74, 6) is 0.355. The van der Waals surface area contributed by atoms with Crippen LogP contribution in [0.4, 0.5) is 0 Å². The third-order valence-corrected chi connectivity index (χ3v) is 2.65. The lowest BCUT2D eigenvalue weighted by atomic mass is 10.0. The first kappa shape index (κ1) is 10.5. The maximum atomic E-state index is 11.0. The highest BCUT2D eigenvalue weighted by Gasteiger charge is 2.30. The van der Waals surface area contributed by atoms with Crippen molar-refractivity contribution in [2.45, 2.75) is 19.4 Å². The van der Waals surface area contributed by atoms with Gasteiger partial charge in [-0.05, 0) is 12.3 Å². The lowest BCUT2D eigenvalue weighted by Gasteiger charge is -2.13. The molecule has 76 valence electrons. The summed E-state index contributed by atoms with van der Waals surface area (Å²) >= 11 is 0. The lowest BCUT2D eigenvalue weighted by molar-refractivity contribution is -0.121. The summed E-state index contributed by atoms with van der Waals surface area (Å²) in [6, 6.07) is 0. The number of hydrogen-bond donors (Lipinski definition) is 2. The van der Waals surface area contributed by atoms with Gasteiger partial charge in [0.05, 0.1) is 12.6 Å². The van der Waals surface area contributed by atoms with E-state index in [9.17, 15) is 9.90 Å². The second-order valence-corrected chi connectivity index (χ2v) is 3.60. The van der Waals surface area contributed by atoms with Gasteiger partial charge in [0.1, 0.15) is 0 Å². The third kappa shape index (κ3) is 2.67. The SMILES string of the molecule is CCC1CN(CC(=O)NC)CC1O. The lowest BCUT2D eigenvalue weighted by Crippen LogP contribution is -2.34. The number of carbonyl (C=O) groups excluding carboxylic acids is 1. The second kappa shape index (κ2) is 4.58. The van der Waals surface area contributed by atoms with Crippen LogP contribution in [0.3, 0.4) is 0 Å². The van der Waals surface area contributed by atoms with Crippen molar-refractivity contribution in [1.82, 2.24) is 10.2 Å². The number of aliphatic hydroxyl groups is 1. The van der Waals surface area contributed by atoms with Crippen LogP contribution in [0.25, 0.3) is 0 Å². The fourth-order valence-corrected chi connectivity index (χ4v) is 1.75. The van der Waals surface area contributed by atoms with E-state index in [1.54, 1.807) is 7.05 Å². The average Bonchev–Trinajstić information content (AvgIpc) is 2.46. The zero-order valence-corrected chi connectivity index (χ0v) is 8.29. The van der Waals surface area contributed by atoms with Crippen molar-refractivity contribution in [3.8, 4) is 0 Å². The Labute approximate surface area is 78.9 Å². The van der Waals surface area contributed by atoms with E-state index in [0.717, 1.165) is 13.0 Å². The molecule has 0 aromatic heterocycles. The number of hydrogen-bond acceptors (Lipinski definition) is 3. The van der Waals surface area contributed by atoms with Crippen LogP contribution in [0, 0.1) is 5.92 Å². The first-order chi connectivity index (χ1) is 6.17. The molecule has 0 saturated carbocycles. The first-order valence-electron chi connectivity index (χ1n) is 4.78. The standard InChI is InChI=1S/C9H18N2O2/c1-3-7-4-11(5-8(7)12)6-9(13)10-2/h7-8,12H,3-6H2,1-2H3,(H,10,13). The summed E-state index contributed by atoms with van der Waals surface area (Å²) in [6.07, 6.45) is 0.723. The highest BCUT2D eigenvalue weighted by molar-refractivity contribution is 5.77. The molecule has 1 heterocycles. The van der Waals surface area contributed by atoms with Crippen LogP contribution in [0.1, 0.15) is 13.3 Å². The van der Waals surface area contributed by atoms with Gasteiger partial charge < -0.3 is 10.4 Å². The van der Waals surface area contributed by atoms with Gasteiger partial charge in [-0.2, -0.15) is 0 Å². The van der Waals surface area contributed by atoms with Crippen LogP contribution in [0.5, 0.6) is 0 Å². The summed E-state index contributed by atoms with van der Waals surface area (Å²) in [7, 11) is 1.63. The largest absolute Gasteiger partial charge is 0.391 e. The van der Waals surface area contributed by atoms with Gasteiger partial charge in [0.2, 0.25) is 5.91 Å². The zero-order chi connectivity index (χ0) is 9.84. The highest BCUT2D eigenvalue weighted by atomic mass is 16.3. The zero-order valence-electron chi connectivity index (χ0n) is 8.29. The molecule has 1 amide bonds. The Bertz CT molecular complexity index is 184. The number of amides is 1. The molecule has 0 aliphatic carbocycles. The molecule has 2 atom stereocenters. The minimum Gasteiger partial charge on any atom is -0.391 e. The Hall–Kier alpha value is -0.610. The molecule has 1 saturated heterocycles. The number of likely N-dealkylation sites (tertiary alicyclic amines) is 1. The van der Waals surface area contributed by atoms with E-state index in [1.165, 1.54) is 0 Å². The van der Waals surface area contributed by atoms with Gasteiger partial charge in [-0.15, -0.1) is 0 Å². The fraction of sp³-hybridized carbons (Fsp3) is 0.889. The number of carbonyl (C=O) groups is 1. The molecule has 0 aromatic carbocycles.